The first-order chi connectivity index (χ1) is 9.06. The van der Waals surface area contributed by atoms with E-state index in [1.807, 2.05) is 6.07 Å². The molecule has 1 N–H and O–H groups in total. The Labute approximate surface area is 134 Å². The van der Waals surface area contributed by atoms with Crippen LogP contribution >= 0.6 is 43.2 Å². The van der Waals surface area contributed by atoms with Crippen LogP contribution < -0.4 is 5.32 Å². The summed E-state index contributed by atoms with van der Waals surface area (Å²) in [5, 5.41) is 3.38. The predicted octanol–water partition coefficient (Wildman–Crippen LogP) is 4.72. The number of rotatable bonds is 6. The molecule has 0 saturated heterocycles. The zero-order chi connectivity index (χ0) is 13.8. The Hall–Kier alpha value is -0.170. The highest BCUT2D eigenvalue weighted by Crippen LogP contribution is 2.38. The Kier molecular flexibility index (Phi) is 5.62. The molecule has 19 heavy (non-hydrogen) atoms. The van der Waals surface area contributed by atoms with Crippen molar-refractivity contribution in [2.24, 2.45) is 5.92 Å². The smallest absolute Gasteiger partial charge is 0.196 e. The van der Waals surface area contributed by atoms with Gasteiger partial charge in [0.15, 0.2) is 11.7 Å². The van der Waals surface area contributed by atoms with Gasteiger partial charge in [-0.1, -0.05) is 13.8 Å². The van der Waals surface area contributed by atoms with E-state index in [0.29, 0.717) is 5.92 Å². The van der Waals surface area contributed by atoms with E-state index < -0.39 is 0 Å². The lowest BCUT2D eigenvalue weighted by molar-refractivity contribution is 0.483. The summed E-state index contributed by atoms with van der Waals surface area (Å²) in [7, 11) is 0. The van der Waals surface area contributed by atoms with E-state index in [1.165, 1.54) is 0 Å². The molecule has 0 aromatic carbocycles. The van der Waals surface area contributed by atoms with Crippen LogP contribution in [0.15, 0.2) is 24.3 Å². The van der Waals surface area contributed by atoms with Crippen molar-refractivity contribution in [1.29, 1.82) is 0 Å². The normalized spacial score (nSPS) is 11.4. The van der Waals surface area contributed by atoms with Crippen LogP contribution in [-0.4, -0.2) is 18.1 Å². The van der Waals surface area contributed by atoms with E-state index >= 15 is 0 Å². The summed E-state index contributed by atoms with van der Waals surface area (Å²) in [6.07, 6.45) is 2.60. The zero-order valence-corrected chi connectivity index (χ0v) is 14.9. The lowest BCUT2D eigenvalue weighted by Gasteiger charge is -2.05. The Morgan fingerprint density at radius 3 is 2.84 bits per heavy atom. The molecule has 0 saturated carbocycles. The second-order valence-corrected chi connectivity index (χ2v) is 8.45. The summed E-state index contributed by atoms with van der Waals surface area (Å²) < 4.78 is 7.91. The number of nitrogens with zero attached hydrogens (tertiary/aromatic N) is 1. The summed E-state index contributed by atoms with van der Waals surface area (Å²) in [4.78, 5) is 4.32. The van der Waals surface area contributed by atoms with Crippen molar-refractivity contribution in [2.45, 2.75) is 20.3 Å². The van der Waals surface area contributed by atoms with Crippen LogP contribution in [0.1, 0.15) is 19.7 Å². The van der Waals surface area contributed by atoms with Gasteiger partial charge in [0.05, 0.1) is 13.8 Å². The van der Waals surface area contributed by atoms with Crippen molar-refractivity contribution in [3.63, 3.8) is 0 Å². The molecular formula is C13H16Br2N2OS. The van der Waals surface area contributed by atoms with Crippen molar-refractivity contribution in [1.82, 2.24) is 10.3 Å². The minimum absolute atomic E-state index is 0.666. The van der Waals surface area contributed by atoms with Crippen molar-refractivity contribution < 1.29 is 4.42 Å². The van der Waals surface area contributed by atoms with Crippen LogP contribution in [0.5, 0.6) is 0 Å². The highest BCUT2D eigenvalue weighted by Gasteiger charge is 2.12. The van der Waals surface area contributed by atoms with Crippen LogP contribution in [0.3, 0.4) is 0 Å². The molecule has 0 aliphatic rings. The van der Waals surface area contributed by atoms with Gasteiger partial charge in [-0.15, -0.1) is 11.3 Å². The molecule has 0 aliphatic heterocycles. The Balaban J connectivity index is 1.94. The summed E-state index contributed by atoms with van der Waals surface area (Å²) >= 11 is 8.63. The molecule has 0 fully saturated rings. The van der Waals surface area contributed by atoms with Crippen molar-refractivity contribution >= 4 is 43.2 Å². The highest BCUT2D eigenvalue weighted by molar-refractivity contribution is 9.12. The Morgan fingerprint density at radius 2 is 2.21 bits per heavy atom. The van der Waals surface area contributed by atoms with Crippen molar-refractivity contribution in [3.8, 4) is 11.3 Å². The average molecular weight is 408 g/mol. The van der Waals surface area contributed by atoms with Crippen LogP contribution in [0.4, 0.5) is 0 Å². The molecule has 0 bridgehead atoms. The topological polar surface area (TPSA) is 38.1 Å². The van der Waals surface area contributed by atoms with Crippen LogP contribution in [0.25, 0.3) is 11.3 Å². The molecule has 0 radical (unpaired) electrons. The van der Waals surface area contributed by atoms with Gasteiger partial charge >= 0.3 is 0 Å². The van der Waals surface area contributed by atoms with Crippen LogP contribution in [0, 0.1) is 5.92 Å². The van der Waals surface area contributed by atoms with Gasteiger partial charge in [-0.3, -0.25) is 0 Å². The van der Waals surface area contributed by atoms with Gasteiger partial charge in [0.1, 0.15) is 0 Å². The first-order valence-electron chi connectivity index (χ1n) is 6.17. The van der Waals surface area contributed by atoms with E-state index in [9.17, 15) is 0 Å². The monoisotopic (exact) mass is 406 g/mol. The minimum Gasteiger partial charge on any atom is -0.441 e. The standard InChI is InChI=1S/C13H16Br2N2OS/c1-8(2)6-16-4-3-12-17-7-10(18-12)9-5-11(14)19-13(9)15/h5,7-8,16H,3-4,6H2,1-2H3. The molecule has 2 rings (SSSR count). The highest BCUT2D eigenvalue weighted by atomic mass is 79.9. The summed E-state index contributed by atoms with van der Waals surface area (Å²) in [6.45, 7) is 6.31. The number of nitrogens with one attached hydrogen (secondary N) is 1. The third-order valence-electron chi connectivity index (χ3n) is 2.54. The SMILES string of the molecule is CC(C)CNCCc1ncc(-c2cc(Br)sc2Br)o1. The third kappa shape index (κ3) is 4.41. The number of halogens is 2. The molecule has 3 nitrogen and oxygen atoms in total. The van der Waals surface area contributed by atoms with E-state index in [2.05, 4.69) is 56.0 Å². The molecule has 0 aliphatic carbocycles. The third-order valence-corrected chi connectivity index (χ3v) is 4.88. The fraction of sp³-hybridized carbons (Fsp3) is 0.462. The zero-order valence-electron chi connectivity index (χ0n) is 10.9. The minimum atomic E-state index is 0.666. The van der Waals surface area contributed by atoms with E-state index in [1.54, 1.807) is 17.5 Å². The van der Waals surface area contributed by atoms with Crippen molar-refractivity contribution in [3.05, 3.63) is 25.7 Å². The maximum absolute atomic E-state index is 5.78. The molecule has 104 valence electrons. The van der Waals surface area contributed by atoms with Gasteiger partial charge in [0.25, 0.3) is 0 Å². The first-order valence-corrected chi connectivity index (χ1v) is 8.57. The van der Waals surface area contributed by atoms with Crippen molar-refractivity contribution in [2.75, 3.05) is 13.1 Å². The van der Waals surface area contributed by atoms with Crippen LogP contribution in [0.2, 0.25) is 0 Å². The maximum atomic E-state index is 5.78. The van der Waals surface area contributed by atoms with Gasteiger partial charge < -0.3 is 9.73 Å². The summed E-state index contributed by atoms with van der Waals surface area (Å²) in [5.41, 5.74) is 1.05. The lowest BCUT2D eigenvalue weighted by Crippen LogP contribution is -2.22. The molecule has 0 atom stereocenters. The molecule has 0 amide bonds. The predicted molar refractivity (Wildman–Crippen MR) is 86.6 cm³/mol. The molecule has 6 heteroatoms. The molecule has 2 heterocycles. The molecule has 2 aromatic heterocycles. The van der Waals surface area contributed by atoms with E-state index in [-0.39, 0.29) is 0 Å². The number of hydrogen-bond donors (Lipinski definition) is 1. The average Bonchev–Trinajstić information content (AvgIpc) is 2.91. The molecule has 0 unspecified atom stereocenters. The number of hydrogen-bond acceptors (Lipinski definition) is 4. The fourth-order valence-corrected chi connectivity index (χ4v) is 4.46. The van der Waals surface area contributed by atoms with Crippen LogP contribution in [-0.2, 0) is 6.42 Å². The summed E-state index contributed by atoms with van der Waals surface area (Å²) in [5.74, 6) is 2.26. The maximum Gasteiger partial charge on any atom is 0.196 e. The Morgan fingerprint density at radius 1 is 1.42 bits per heavy atom. The lowest BCUT2D eigenvalue weighted by atomic mass is 10.2. The van der Waals surface area contributed by atoms with Gasteiger partial charge in [-0.25, -0.2) is 4.98 Å². The van der Waals surface area contributed by atoms with Gasteiger partial charge in [-0.05, 0) is 50.4 Å². The molecule has 0 spiro atoms. The fourth-order valence-electron chi connectivity index (χ4n) is 1.64. The molecular weight excluding hydrogens is 392 g/mol. The second-order valence-electron chi connectivity index (χ2n) is 4.70. The molecule has 2 aromatic rings. The van der Waals surface area contributed by atoms with E-state index in [4.69, 9.17) is 4.42 Å². The van der Waals surface area contributed by atoms with Gasteiger partial charge in [-0.2, -0.15) is 0 Å². The van der Waals surface area contributed by atoms with E-state index in [0.717, 1.165) is 44.3 Å². The number of aromatic nitrogens is 1. The first kappa shape index (κ1) is 15.2. The summed E-state index contributed by atoms with van der Waals surface area (Å²) in [6, 6.07) is 2.04. The number of thiophene rings is 1. The largest absolute Gasteiger partial charge is 0.441 e. The quantitative estimate of drug-likeness (QED) is 0.704. The number of oxazole rings is 1. The second kappa shape index (κ2) is 7.02. The van der Waals surface area contributed by atoms with Gasteiger partial charge in [0, 0.05) is 18.5 Å². The Bertz CT molecular complexity index is 536. The van der Waals surface area contributed by atoms with Gasteiger partial charge in [0.2, 0.25) is 0 Å².